The molecule has 0 amide bonds. The molecule has 3 nitrogen and oxygen atoms in total. The average Bonchev–Trinajstić information content (AvgIpc) is 2.22. The molecule has 1 aromatic rings. The molecule has 0 radical (unpaired) electrons. The Kier molecular flexibility index (Phi) is 6.54. The molecule has 0 aliphatic heterocycles. The summed E-state index contributed by atoms with van der Waals surface area (Å²) in [7, 11) is 0. The van der Waals surface area contributed by atoms with Crippen LogP contribution in [-0.4, -0.2) is 16.7 Å². The Balaban J connectivity index is 0.000000791. The number of rotatable bonds is 3. The molecular formula is C11H19NO2. The van der Waals surface area contributed by atoms with Crippen LogP contribution in [0.2, 0.25) is 0 Å². The Hall–Kier alpha value is -1.25. The number of pyridine rings is 1. The van der Waals surface area contributed by atoms with Crippen LogP contribution in [0.1, 0.15) is 32.9 Å². The van der Waals surface area contributed by atoms with E-state index >= 15 is 0 Å². The van der Waals surface area contributed by atoms with Crippen LogP contribution in [0.25, 0.3) is 0 Å². The van der Waals surface area contributed by atoms with Crippen molar-refractivity contribution in [3.05, 3.63) is 17.8 Å². The van der Waals surface area contributed by atoms with Crippen molar-refractivity contribution in [1.82, 2.24) is 4.98 Å². The van der Waals surface area contributed by atoms with Crippen LogP contribution in [0.3, 0.4) is 0 Å². The van der Waals surface area contributed by atoms with Gasteiger partial charge in [0.05, 0.1) is 6.61 Å². The standard InChI is InChI=1S/C9H13NO2.C2H6/c1-3-6-12-9-8(11)5-4-7(2)10-9;1-2/h4-5,11H,3,6H2,1-2H3;1-2H3. The lowest BCUT2D eigenvalue weighted by Crippen LogP contribution is -1.98. The second kappa shape index (κ2) is 7.18. The maximum atomic E-state index is 9.27. The van der Waals surface area contributed by atoms with Gasteiger partial charge in [-0.05, 0) is 25.5 Å². The largest absolute Gasteiger partial charge is 0.503 e. The topological polar surface area (TPSA) is 42.4 Å². The summed E-state index contributed by atoms with van der Waals surface area (Å²) < 4.78 is 5.21. The Morgan fingerprint density at radius 3 is 2.57 bits per heavy atom. The third-order valence-electron chi connectivity index (χ3n) is 1.42. The van der Waals surface area contributed by atoms with E-state index in [0.29, 0.717) is 12.5 Å². The summed E-state index contributed by atoms with van der Waals surface area (Å²) in [4.78, 5) is 4.04. The number of aromatic nitrogens is 1. The van der Waals surface area contributed by atoms with Gasteiger partial charge in [-0.1, -0.05) is 20.8 Å². The molecule has 0 unspecified atom stereocenters. The van der Waals surface area contributed by atoms with E-state index < -0.39 is 0 Å². The van der Waals surface area contributed by atoms with E-state index in [4.69, 9.17) is 4.74 Å². The van der Waals surface area contributed by atoms with Gasteiger partial charge >= 0.3 is 0 Å². The summed E-state index contributed by atoms with van der Waals surface area (Å²) >= 11 is 0. The quantitative estimate of drug-likeness (QED) is 0.810. The van der Waals surface area contributed by atoms with E-state index in [2.05, 4.69) is 4.98 Å². The third kappa shape index (κ3) is 4.12. The average molecular weight is 197 g/mol. The molecule has 0 bridgehead atoms. The van der Waals surface area contributed by atoms with Crippen molar-refractivity contribution in [3.8, 4) is 11.6 Å². The SMILES string of the molecule is CC.CCCOc1nc(C)ccc1O. The van der Waals surface area contributed by atoms with Crippen LogP contribution in [0.4, 0.5) is 0 Å². The van der Waals surface area contributed by atoms with Gasteiger partial charge in [0, 0.05) is 5.69 Å². The van der Waals surface area contributed by atoms with E-state index in [0.717, 1.165) is 12.1 Å². The van der Waals surface area contributed by atoms with Crippen molar-refractivity contribution < 1.29 is 9.84 Å². The van der Waals surface area contributed by atoms with Gasteiger partial charge in [0.15, 0.2) is 5.75 Å². The second-order valence-corrected chi connectivity index (χ2v) is 2.63. The van der Waals surface area contributed by atoms with Gasteiger partial charge in [-0.2, -0.15) is 0 Å². The van der Waals surface area contributed by atoms with Crippen LogP contribution in [0, 0.1) is 6.92 Å². The van der Waals surface area contributed by atoms with Gasteiger partial charge in [-0.15, -0.1) is 0 Å². The molecule has 0 saturated carbocycles. The van der Waals surface area contributed by atoms with Crippen LogP contribution < -0.4 is 4.74 Å². The lowest BCUT2D eigenvalue weighted by Gasteiger charge is -2.05. The summed E-state index contributed by atoms with van der Waals surface area (Å²) in [5, 5.41) is 9.27. The zero-order chi connectivity index (χ0) is 11.0. The molecule has 0 atom stereocenters. The van der Waals surface area contributed by atoms with Gasteiger partial charge in [-0.3, -0.25) is 0 Å². The third-order valence-corrected chi connectivity index (χ3v) is 1.42. The van der Waals surface area contributed by atoms with Crippen molar-refractivity contribution in [2.24, 2.45) is 0 Å². The fraction of sp³-hybridized carbons (Fsp3) is 0.545. The first-order chi connectivity index (χ1) is 6.74. The summed E-state index contributed by atoms with van der Waals surface area (Å²) in [5.41, 5.74) is 0.846. The molecule has 0 fully saturated rings. The molecule has 3 heteroatoms. The molecule has 1 rings (SSSR count). The van der Waals surface area contributed by atoms with Crippen LogP contribution in [-0.2, 0) is 0 Å². The molecule has 0 aromatic carbocycles. The number of hydrogen-bond donors (Lipinski definition) is 1. The maximum absolute atomic E-state index is 9.27. The lowest BCUT2D eigenvalue weighted by molar-refractivity contribution is 0.286. The zero-order valence-electron chi connectivity index (χ0n) is 9.37. The van der Waals surface area contributed by atoms with Crippen molar-refractivity contribution >= 4 is 0 Å². The van der Waals surface area contributed by atoms with E-state index in [9.17, 15) is 5.11 Å². The molecular weight excluding hydrogens is 178 g/mol. The Morgan fingerprint density at radius 1 is 1.36 bits per heavy atom. The predicted molar refractivity (Wildman–Crippen MR) is 57.8 cm³/mol. The fourth-order valence-corrected chi connectivity index (χ4v) is 0.830. The van der Waals surface area contributed by atoms with Crippen molar-refractivity contribution in [1.29, 1.82) is 0 Å². The van der Waals surface area contributed by atoms with Crippen molar-refractivity contribution in [2.45, 2.75) is 34.1 Å². The monoisotopic (exact) mass is 197 g/mol. The van der Waals surface area contributed by atoms with Gasteiger partial charge < -0.3 is 9.84 Å². The van der Waals surface area contributed by atoms with E-state index in [1.165, 1.54) is 0 Å². The van der Waals surface area contributed by atoms with E-state index in [1.54, 1.807) is 12.1 Å². The number of aryl methyl sites for hydroxylation is 1. The molecule has 14 heavy (non-hydrogen) atoms. The summed E-state index contributed by atoms with van der Waals surface area (Å²) in [5.74, 6) is 0.436. The molecule has 80 valence electrons. The minimum absolute atomic E-state index is 0.106. The van der Waals surface area contributed by atoms with E-state index in [-0.39, 0.29) is 5.75 Å². The van der Waals surface area contributed by atoms with Gasteiger partial charge in [-0.25, -0.2) is 4.98 Å². The van der Waals surface area contributed by atoms with Gasteiger partial charge in [0.1, 0.15) is 0 Å². The number of hydrogen-bond acceptors (Lipinski definition) is 3. The fourth-order valence-electron chi connectivity index (χ4n) is 0.830. The van der Waals surface area contributed by atoms with E-state index in [1.807, 2.05) is 27.7 Å². The highest BCUT2D eigenvalue weighted by Crippen LogP contribution is 2.22. The molecule has 0 spiro atoms. The first-order valence-electron chi connectivity index (χ1n) is 5.03. The highest BCUT2D eigenvalue weighted by atomic mass is 16.5. The highest BCUT2D eigenvalue weighted by molar-refractivity contribution is 5.32. The normalized spacial score (nSPS) is 8.86. The van der Waals surface area contributed by atoms with Crippen LogP contribution in [0.15, 0.2) is 12.1 Å². The highest BCUT2D eigenvalue weighted by Gasteiger charge is 2.02. The number of aromatic hydroxyl groups is 1. The lowest BCUT2D eigenvalue weighted by atomic mass is 10.3. The zero-order valence-corrected chi connectivity index (χ0v) is 9.37. The summed E-state index contributed by atoms with van der Waals surface area (Å²) in [6.45, 7) is 8.45. The molecule has 0 saturated heterocycles. The van der Waals surface area contributed by atoms with Crippen LogP contribution >= 0.6 is 0 Å². The minimum Gasteiger partial charge on any atom is -0.503 e. The predicted octanol–water partition coefficient (Wildman–Crippen LogP) is 2.91. The van der Waals surface area contributed by atoms with Crippen LogP contribution in [0.5, 0.6) is 11.6 Å². The second-order valence-electron chi connectivity index (χ2n) is 2.63. The number of ether oxygens (including phenoxy) is 1. The van der Waals surface area contributed by atoms with Gasteiger partial charge in [0.2, 0.25) is 0 Å². The Labute approximate surface area is 85.8 Å². The van der Waals surface area contributed by atoms with Crippen molar-refractivity contribution in [2.75, 3.05) is 6.61 Å². The van der Waals surface area contributed by atoms with Crippen molar-refractivity contribution in [3.63, 3.8) is 0 Å². The van der Waals surface area contributed by atoms with Gasteiger partial charge in [0.25, 0.3) is 5.88 Å². The summed E-state index contributed by atoms with van der Waals surface area (Å²) in [6, 6.07) is 3.33. The molecule has 1 N–H and O–H groups in total. The molecule has 0 aliphatic rings. The number of nitrogens with zero attached hydrogens (tertiary/aromatic N) is 1. The molecule has 1 heterocycles. The smallest absolute Gasteiger partial charge is 0.257 e. The Morgan fingerprint density at radius 2 is 2.00 bits per heavy atom. The molecule has 0 aliphatic carbocycles. The molecule has 1 aromatic heterocycles. The minimum atomic E-state index is 0.106. The first-order valence-corrected chi connectivity index (χ1v) is 5.03. The summed E-state index contributed by atoms with van der Waals surface area (Å²) in [6.07, 6.45) is 0.912. The first kappa shape index (κ1) is 12.8. The Bertz CT molecular complexity index is 261. The maximum Gasteiger partial charge on any atom is 0.257 e.